The summed E-state index contributed by atoms with van der Waals surface area (Å²) in [5.41, 5.74) is 1.41. The summed E-state index contributed by atoms with van der Waals surface area (Å²) in [6.45, 7) is 2.62. The topological polar surface area (TPSA) is 53.0 Å². The smallest absolute Gasteiger partial charge is 0.257 e. The normalized spacial score (nSPS) is 14.7. The van der Waals surface area contributed by atoms with E-state index in [1.54, 1.807) is 31.4 Å². The zero-order chi connectivity index (χ0) is 16.2. The van der Waals surface area contributed by atoms with E-state index in [1.165, 1.54) is 0 Å². The second kappa shape index (κ2) is 6.60. The number of carbonyl (C=O) groups is 1. The van der Waals surface area contributed by atoms with Gasteiger partial charge in [0.2, 0.25) is 0 Å². The van der Waals surface area contributed by atoms with Gasteiger partial charge in [0.05, 0.1) is 18.4 Å². The Hall–Kier alpha value is -2.69. The van der Waals surface area contributed by atoms with Gasteiger partial charge in [-0.1, -0.05) is 24.3 Å². The summed E-state index contributed by atoms with van der Waals surface area (Å²) in [7, 11) is 1.57. The molecule has 0 unspecified atom stereocenters. The number of nitrogens with zero attached hydrogens (tertiary/aromatic N) is 2. The third-order valence-electron chi connectivity index (χ3n) is 4.13. The molecule has 0 spiro atoms. The molecule has 0 atom stereocenters. The molecule has 1 saturated heterocycles. The lowest BCUT2D eigenvalue weighted by Gasteiger charge is -2.36. The number of amides is 1. The number of methoxy groups -OCH3 is 1. The monoisotopic (exact) mass is 312 g/mol. The van der Waals surface area contributed by atoms with E-state index in [2.05, 4.69) is 4.90 Å². The van der Waals surface area contributed by atoms with Crippen molar-refractivity contribution >= 4 is 11.6 Å². The number of para-hydroxylation sites is 3. The molecule has 23 heavy (non-hydrogen) atoms. The summed E-state index contributed by atoms with van der Waals surface area (Å²) in [6, 6.07) is 14.6. The number of benzene rings is 2. The summed E-state index contributed by atoms with van der Waals surface area (Å²) in [5.74, 6) is 0.858. The first-order valence-electron chi connectivity index (χ1n) is 7.66. The van der Waals surface area contributed by atoms with E-state index < -0.39 is 0 Å². The SMILES string of the molecule is COc1ccccc1C(=O)N1CCN(c2ccccc2O)CC1. The highest BCUT2D eigenvalue weighted by Crippen LogP contribution is 2.28. The van der Waals surface area contributed by atoms with Gasteiger partial charge in [-0.3, -0.25) is 4.79 Å². The van der Waals surface area contributed by atoms with Crippen LogP contribution in [-0.4, -0.2) is 49.2 Å². The molecule has 1 aliphatic heterocycles. The Kier molecular flexibility index (Phi) is 4.37. The molecule has 1 fully saturated rings. The van der Waals surface area contributed by atoms with E-state index in [1.807, 2.05) is 29.2 Å². The number of rotatable bonds is 3. The van der Waals surface area contributed by atoms with Crippen LogP contribution in [0.3, 0.4) is 0 Å². The van der Waals surface area contributed by atoms with E-state index >= 15 is 0 Å². The molecule has 3 rings (SSSR count). The number of carbonyl (C=O) groups excluding carboxylic acids is 1. The van der Waals surface area contributed by atoms with E-state index in [0.29, 0.717) is 37.5 Å². The van der Waals surface area contributed by atoms with E-state index in [0.717, 1.165) is 5.69 Å². The van der Waals surface area contributed by atoms with Crippen molar-refractivity contribution in [3.8, 4) is 11.5 Å². The first-order valence-corrected chi connectivity index (χ1v) is 7.66. The minimum Gasteiger partial charge on any atom is -0.506 e. The lowest BCUT2D eigenvalue weighted by Crippen LogP contribution is -2.48. The molecule has 0 radical (unpaired) electrons. The maximum atomic E-state index is 12.7. The number of piperazine rings is 1. The van der Waals surface area contributed by atoms with Crippen LogP contribution in [0, 0.1) is 0 Å². The van der Waals surface area contributed by atoms with Crippen molar-refractivity contribution in [3.63, 3.8) is 0 Å². The zero-order valence-corrected chi connectivity index (χ0v) is 13.1. The van der Waals surface area contributed by atoms with Crippen molar-refractivity contribution in [2.45, 2.75) is 0 Å². The number of phenols is 1. The van der Waals surface area contributed by atoms with Crippen LogP contribution in [0.2, 0.25) is 0 Å². The molecule has 2 aromatic carbocycles. The van der Waals surface area contributed by atoms with Crippen LogP contribution < -0.4 is 9.64 Å². The lowest BCUT2D eigenvalue weighted by molar-refractivity contribution is 0.0743. The van der Waals surface area contributed by atoms with Gasteiger partial charge in [0, 0.05) is 26.2 Å². The number of aromatic hydroxyl groups is 1. The van der Waals surface area contributed by atoms with Crippen molar-refractivity contribution in [2.75, 3.05) is 38.2 Å². The van der Waals surface area contributed by atoms with Gasteiger partial charge in [0.1, 0.15) is 11.5 Å². The van der Waals surface area contributed by atoms with Gasteiger partial charge < -0.3 is 19.6 Å². The second-order valence-corrected chi connectivity index (χ2v) is 5.47. The summed E-state index contributed by atoms with van der Waals surface area (Å²) < 4.78 is 5.27. The molecule has 1 aliphatic rings. The first kappa shape index (κ1) is 15.2. The molecule has 2 aromatic rings. The van der Waals surface area contributed by atoms with E-state index in [9.17, 15) is 9.90 Å². The Bertz CT molecular complexity index is 694. The molecular weight excluding hydrogens is 292 g/mol. The predicted octanol–water partition coefficient (Wildman–Crippen LogP) is 2.36. The van der Waals surface area contributed by atoms with Crippen molar-refractivity contribution in [1.82, 2.24) is 4.90 Å². The van der Waals surface area contributed by atoms with E-state index in [-0.39, 0.29) is 11.7 Å². The molecule has 5 nitrogen and oxygen atoms in total. The molecule has 0 saturated carbocycles. The minimum atomic E-state index is -0.0145. The Labute approximate surface area is 135 Å². The average Bonchev–Trinajstić information content (AvgIpc) is 2.61. The van der Waals surface area contributed by atoms with Gasteiger partial charge in [-0.15, -0.1) is 0 Å². The zero-order valence-electron chi connectivity index (χ0n) is 13.1. The van der Waals surface area contributed by atoms with Gasteiger partial charge in [-0.05, 0) is 24.3 Å². The van der Waals surface area contributed by atoms with Gasteiger partial charge in [0.15, 0.2) is 0 Å². The largest absolute Gasteiger partial charge is 0.506 e. The van der Waals surface area contributed by atoms with Crippen LogP contribution >= 0.6 is 0 Å². The van der Waals surface area contributed by atoms with E-state index in [4.69, 9.17) is 4.74 Å². The summed E-state index contributed by atoms with van der Waals surface area (Å²) in [4.78, 5) is 16.6. The van der Waals surface area contributed by atoms with Crippen LogP contribution in [0.1, 0.15) is 10.4 Å². The fourth-order valence-electron chi connectivity index (χ4n) is 2.87. The van der Waals surface area contributed by atoms with Crippen molar-refractivity contribution < 1.29 is 14.6 Å². The molecule has 1 N–H and O–H groups in total. The Morgan fingerprint density at radius 2 is 1.65 bits per heavy atom. The highest BCUT2D eigenvalue weighted by molar-refractivity contribution is 5.97. The fourth-order valence-corrected chi connectivity index (χ4v) is 2.87. The summed E-state index contributed by atoms with van der Waals surface area (Å²) >= 11 is 0. The number of ether oxygens (including phenoxy) is 1. The van der Waals surface area contributed by atoms with Crippen LogP contribution in [0.5, 0.6) is 11.5 Å². The van der Waals surface area contributed by atoms with Crippen LogP contribution in [0.15, 0.2) is 48.5 Å². The standard InChI is InChI=1S/C18H20N2O3/c1-23-17-9-5-2-6-14(17)18(22)20-12-10-19(11-13-20)15-7-3-4-8-16(15)21/h2-9,21H,10-13H2,1H3. The third-order valence-corrected chi connectivity index (χ3v) is 4.13. The maximum absolute atomic E-state index is 12.7. The van der Waals surface area contributed by atoms with Crippen molar-refractivity contribution in [1.29, 1.82) is 0 Å². The number of anilines is 1. The molecule has 0 bridgehead atoms. The molecule has 0 aliphatic carbocycles. The predicted molar refractivity (Wildman–Crippen MR) is 89.2 cm³/mol. The number of hydrogen-bond donors (Lipinski definition) is 1. The van der Waals surface area contributed by atoms with Crippen LogP contribution in [0.25, 0.3) is 0 Å². The summed E-state index contributed by atoms with van der Waals surface area (Å²) in [5, 5.41) is 9.95. The highest BCUT2D eigenvalue weighted by atomic mass is 16.5. The Balaban J connectivity index is 1.69. The highest BCUT2D eigenvalue weighted by Gasteiger charge is 2.24. The minimum absolute atomic E-state index is 0.0145. The summed E-state index contributed by atoms with van der Waals surface area (Å²) in [6.07, 6.45) is 0. The van der Waals surface area contributed by atoms with Gasteiger partial charge >= 0.3 is 0 Å². The molecule has 5 heteroatoms. The second-order valence-electron chi connectivity index (χ2n) is 5.47. The quantitative estimate of drug-likeness (QED) is 0.945. The fraction of sp³-hybridized carbons (Fsp3) is 0.278. The van der Waals surface area contributed by atoms with Crippen molar-refractivity contribution in [3.05, 3.63) is 54.1 Å². The molecule has 0 aromatic heterocycles. The van der Waals surface area contributed by atoms with Crippen LogP contribution in [0.4, 0.5) is 5.69 Å². The van der Waals surface area contributed by atoms with Crippen molar-refractivity contribution in [2.24, 2.45) is 0 Å². The Morgan fingerprint density at radius 1 is 1.00 bits per heavy atom. The number of hydrogen-bond acceptors (Lipinski definition) is 4. The maximum Gasteiger partial charge on any atom is 0.257 e. The average molecular weight is 312 g/mol. The lowest BCUT2D eigenvalue weighted by atomic mass is 10.1. The van der Waals surface area contributed by atoms with Gasteiger partial charge in [-0.25, -0.2) is 0 Å². The third kappa shape index (κ3) is 3.08. The molecular formula is C18H20N2O3. The molecule has 1 heterocycles. The number of phenolic OH excluding ortho intramolecular Hbond substituents is 1. The van der Waals surface area contributed by atoms with Gasteiger partial charge in [0.25, 0.3) is 5.91 Å². The molecule has 120 valence electrons. The van der Waals surface area contributed by atoms with Crippen LogP contribution in [-0.2, 0) is 0 Å². The Morgan fingerprint density at radius 3 is 2.35 bits per heavy atom. The molecule has 1 amide bonds. The first-order chi connectivity index (χ1) is 11.2. The van der Waals surface area contributed by atoms with Gasteiger partial charge in [-0.2, -0.15) is 0 Å².